The molecule has 0 radical (unpaired) electrons. The Morgan fingerprint density at radius 3 is 2.75 bits per heavy atom. The van der Waals surface area contributed by atoms with E-state index in [1.165, 1.54) is 22.7 Å². The average molecular weight is 363 g/mol. The highest BCUT2D eigenvalue weighted by molar-refractivity contribution is 7.19. The minimum absolute atomic E-state index is 0.283. The van der Waals surface area contributed by atoms with Crippen molar-refractivity contribution in [2.45, 2.75) is 19.8 Å². The van der Waals surface area contributed by atoms with Gasteiger partial charge in [-0.25, -0.2) is 4.79 Å². The molecule has 0 bridgehead atoms. The number of nitrogens with two attached hydrogens (primary N) is 2. The molecule has 0 saturated carbocycles. The highest BCUT2D eigenvalue weighted by Crippen LogP contribution is 2.50. The fourth-order valence-electron chi connectivity index (χ4n) is 2.84. The summed E-state index contributed by atoms with van der Waals surface area (Å²) >= 11 is 2.73. The Balaban J connectivity index is 2.22. The molecule has 24 heavy (non-hydrogen) atoms. The number of esters is 1. The van der Waals surface area contributed by atoms with Crippen LogP contribution < -0.4 is 16.8 Å². The molecular formula is C16H17N3O3S2. The first kappa shape index (κ1) is 16.5. The predicted octanol–water partition coefficient (Wildman–Crippen LogP) is 2.89. The number of primary amides is 1. The number of anilines is 2. The van der Waals surface area contributed by atoms with Gasteiger partial charge in [0.25, 0.3) is 5.91 Å². The number of hydrogen-bond donors (Lipinski definition) is 3. The third-order valence-electron chi connectivity index (χ3n) is 3.81. The fourth-order valence-corrected chi connectivity index (χ4v) is 4.75. The summed E-state index contributed by atoms with van der Waals surface area (Å²) in [5.41, 5.74) is 13.9. The van der Waals surface area contributed by atoms with E-state index < -0.39 is 11.9 Å². The number of carbonyl (C=O) groups is 2. The number of rotatable bonds is 4. The molecule has 1 aliphatic rings. The van der Waals surface area contributed by atoms with Gasteiger partial charge in [0.2, 0.25) is 0 Å². The quantitative estimate of drug-likeness (QED) is 0.724. The molecule has 3 heterocycles. The Kier molecular flexibility index (Phi) is 4.33. The maximum atomic E-state index is 12.5. The van der Waals surface area contributed by atoms with Crippen molar-refractivity contribution in [3.05, 3.63) is 44.1 Å². The summed E-state index contributed by atoms with van der Waals surface area (Å²) in [5.74, 6) is -1.34. The Hall–Kier alpha value is -2.32. The number of nitrogens with one attached hydrogen (secondary N) is 1. The first-order valence-corrected chi connectivity index (χ1v) is 9.05. The summed E-state index contributed by atoms with van der Waals surface area (Å²) in [6, 6.07) is 3.86. The topological polar surface area (TPSA) is 107 Å². The van der Waals surface area contributed by atoms with Crippen LogP contribution in [0, 0.1) is 0 Å². The summed E-state index contributed by atoms with van der Waals surface area (Å²) in [6.45, 7) is 3.86. The van der Waals surface area contributed by atoms with Gasteiger partial charge in [-0.1, -0.05) is 6.07 Å². The van der Waals surface area contributed by atoms with Crippen LogP contribution in [0.1, 0.15) is 39.9 Å². The number of amides is 1. The van der Waals surface area contributed by atoms with Gasteiger partial charge in [-0.3, -0.25) is 4.79 Å². The third kappa shape index (κ3) is 2.57. The Morgan fingerprint density at radius 1 is 1.42 bits per heavy atom. The van der Waals surface area contributed by atoms with Crippen LogP contribution in [0.3, 0.4) is 0 Å². The fraction of sp³-hybridized carbons (Fsp3) is 0.250. The van der Waals surface area contributed by atoms with E-state index in [1.54, 1.807) is 6.92 Å². The van der Waals surface area contributed by atoms with Crippen molar-refractivity contribution in [3.63, 3.8) is 0 Å². The van der Waals surface area contributed by atoms with Gasteiger partial charge < -0.3 is 21.5 Å². The number of fused-ring (bicyclic) bond motifs is 1. The molecule has 1 atom stereocenters. The van der Waals surface area contributed by atoms with Crippen LogP contribution in [0.15, 0.2) is 28.8 Å². The van der Waals surface area contributed by atoms with Crippen LogP contribution in [0.4, 0.5) is 10.7 Å². The van der Waals surface area contributed by atoms with Gasteiger partial charge in [0.05, 0.1) is 28.8 Å². The number of carbonyl (C=O) groups excluding carboxylic acids is 2. The molecular weight excluding hydrogens is 346 g/mol. The molecule has 0 aliphatic carbocycles. The summed E-state index contributed by atoms with van der Waals surface area (Å²) < 4.78 is 5.23. The van der Waals surface area contributed by atoms with Crippen LogP contribution in [0.2, 0.25) is 0 Å². The van der Waals surface area contributed by atoms with Crippen molar-refractivity contribution >= 4 is 45.2 Å². The lowest BCUT2D eigenvalue weighted by Crippen LogP contribution is -2.23. The van der Waals surface area contributed by atoms with Crippen molar-refractivity contribution in [2.75, 3.05) is 17.7 Å². The third-order valence-corrected chi connectivity index (χ3v) is 5.90. The van der Waals surface area contributed by atoms with Crippen molar-refractivity contribution in [2.24, 2.45) is 5.73 Å². The summed E-state index contributed by atoms with van der Waals surface area (Å²) in [6.07, 6.45) is 0. The van der Waals surface area contributed by atoms with Gasteiger partial charge in [0.15, 0.2) is 0 Å². The SMILES string of the molecule is CCOC(=O)C1=C(C)Nc2sc(C(N)=O)c(N)c2C1c1cccs1. The van der Waals surface area contributed by atoms with Crippen molar-refractivity contribution in [3.8, 4) is 0 Å². The Bertz CT molecular complexity index is 837. The zero-order chi connectivity index (χ0) is 17.4. The smallest absolute Gasteiger partial charge is 0.336 e. The van der Waals surface area contributed by atoms with Crippen LogP contribution in [-0.4, -0.2) is 18.5 Å². The molecule has 6 nitrogen and oxygen atoms in total. The van der Waals surface area contributed by atoms with Gasteiger partial charge in [-0.05, 0) is 25.3 Å². The first-order valence-electron chi connectivity index (χ1n) is 7.35. The second-order valence-electron chi connectivity index (χ2n) is 5.28. The first-order chi connectivity index (χ1) is 11.5. The summed E-state index contributed by atoms with van der Waals surface area (Å²) in [7, 11) is 0. The maximum absolute atomic E-state index is 12.5. The van der Waals surface area contributed by atoms with Gasteiger partial charge in [0.1, 0.15) is 4.88 Å². The highest BCUT2D eigenvalue weighted by atomic mass is 32.1. The van der Waals surface area contributed by atoms with E-state index in [2.05, 4.69) is 5.32 Å². The molecule has 3 rings (SSSR count). The van der Waals surface area contributed by atoms with E-state index in [9.17, 15) is 9.59 Å². The molecule has 8 heteroatoms. The van der Waals surface area contributed by atoms with E-state index in [0.717, 1.165) is 9.88 Å². The minimum atomic E-state index is -0.575. The molecule has 0 saturated heterocycles. The number of ether oxygens (including phenoxy) is 1. The van der Waals surface area contributed by atoms with Crippen LogP contribution >= 0.6 is 22.7 Å². The van der Waals surface area contributed by atoms with E-state index in [0.29, 0.717) is 27.4 Å². The van der Waals surface area contributed by atoms with E-state index in [-0.39, 0.29) is 12.5 Å². The molecule has 2 aromatic rings. The number of thiophene rings is 2. The number of nitrogen functional groups attached to an aromatic ring is 1. The lowest BCUT2D eigenvalue weighted by Gasteiger charge is -2.27. The van der Waals surface area contributed by atoms with Crippen LogP contribution in [0.5, 0.6) is 0 Å². The van der Waals surface area contributed by atoms with Gasteiger partial charge >= 0.3 is 5.97 Å². The van der Waals surface area contributed by atoms with Gasteiger partial charge in [-0.15, -0.1) is 22.7 Å². The maximum Gasteiger partial charge on any atom is 0.336 e. The zero-order valence-corrected chi connectivity index (χ0v) is 14.8. The molecule has 0 aromatic carbocycles. The summed E-state index contributed by atoms with van der Waals surface area (Å²) in [5, 5.41) is 5.85. The molecule has 0 spiro atoms. The van der Waals surface area contributed by atoms with Crippen molar-refractivity contribution in [1.29, 1.82) is 0 Å². The Morgan fingerprint density at radius 2 is 2.17 bits per heavy atom. The molecule has 1 aliphatic heterocycles. The molecule has 0 fully saturated rings. The van der Waals surface area contributed by atoms with Gasteiger partial charge in [-0.2, -0.15) is 0 Å². The standard InChI is InChI=1S/C16H17N3O3S2/c1-3-22-16(21)9-7(2)19-15-11(10(9)8-5-4-6-23-8)12(17)13(24-15)14(18)20/h4-6,10,19H,3,17H2,1-2H3,(H2,18,20). The largest absolute Gasteiger partial charge is 0.463 e. The summed E-state index contributed by atoms with van der Waals surface area (Å²) in [4.78, 5) is 25.4. The molecule has 126 valence electrons. The molecule has 5 N–H and O–H groups in total. The number of hydrogen-bond acceptors (Lipinski definition) is 7. The monoisotopic (exact) mass is 363 g/mol. The Labute approximate surface area is 147 Å². The van der Waals surface area contributed by atoms with Crippen LogP contribution in [-0.2, 0) is 9.53 Å². The lowest BCUT2D eigenvalue weighted by molar-refractivity contribution is -0.138. The van der Waals surface area contributed by atoms with E-state index in [1.807, 2.05) is 24.4 Å². The van der Waals surface area contributed by atoms with E-state index in [4.69, 9.17) is 16.2 Å². The zero-order valence-electron chi connectivity index (χ0n) is 13.2. The van der Waals surface area contributed by atoms with Crippen molar-refractivity contribution in [1.82, 2.24) is 0 Å². The minimum Gasteiger partial charge on any atom is -0.463 e. The normalized spacial score (nSPS) is 16.5. The van der Waals surface area contributed by atoms with Crippen molar-refractivity contribution < 1.29 is 14.3 Å². The molecule has 2 aromatic heterocycles. The van der Waals surface area contributed by atoms with Gasteiger partial charge in [0, 0.05) is 16.1 Å². The predicted molar refractivity (Wildman–Crippen MR) is 96.4 cm³/mol. The number of allylic oxidation sites excluding steroid dienone is 1. The molecule has 1 unspecified atom stereocenters. The van der Waals surface area contributed by atoms with E-state index >= 15 is 0 Å². The lowest BCUT2D eigenvalue weighted by atomic mass is 9.86. The second kappa shape index (κ2) is 6.29. The highest BCUT2D eigenvalue weighted by Gasteiger charge is 2.38. The van der Waals surface area contributed by atoms with Crippen LogP contribution in [0.25, 0.3) is 0 Å². The molecule has 1 amide bonds. The average Bonchev–Trinajstić information content (AvgIpc) is 3.14. The second-order valence-corrected chi connectivity index (χ2v) is 7.28.